The van der Waals surface area contributed by atoms with Gasteiger partial charge in [0.15, 0.2) is 5.17 Å². The smallest absolute Gasteiger partial charge is 0.159 e. The lowest BCUT2D eigenvalue weighted by atomic mass is 9.98. The number of aliphatic hydroxyl groups is 2. The molecule has 0 bridgehead atoms. The monoisotopic (exact) mass is 307 g/mol. The molecule has 108 valence electrons. The summed E-state index contributed by atoms with van der Waals surface area (Å²) in [5.41, 5.74) is -0.230. The lowest BCUT2D eigenvalue weighted by molar-refractivity contribution is -0.158. The Morgan fingerprint density at radius 2 is 2.21 bits per heavy atom. The number of halogens is 1. The second-order valence-corrected chi connectivity index (χ2v) is 6.68. The van der Waals surface area contributed by atoms with Gasteiger partial charge in [-0.3, -0.25) is 4.99 Å². The fourth-order valence-corrected chi connectivity index (χ4v) is 3.85. The molecule has 2 heterocycles. The summed E-state index contributed by atoms with van der Waals surface area (Å²) in [6, 6.07) is 0.0640. The van der Waals surface area contributed by atoms with Crippen LogP contribution in [0.4, 0.5) is 0 Å². The Bertz CT molecular complexity index is 382. The summed E-state index contributed by atoms with van der Waals surface area (Å²) in [5, 5.41) is 24.1. The topological polar surface area (TPSA) is 77.3 Å². The summed E-state index contributed by atoms with van der Waals surface area (Å²) in [7, 11) is 1.68. The van der Waals surface area contributed by atoms with Crippen LogP contribution in [-0.2, 0) is 4.74 Å². The zero-order chi connectivity index (χ0) is 13.6. The van der Waals surface area contributed by atoms with Crippen LogP contribution < -0.4 is 5.32 Å². The van der Waals surface area contributed by atoms with Crippen LogP contribution in [0.15, 0.2) is 4.99 Å². The van der Waals surface area contributed by atoms with Gasteiger partial charge in [-0.25, -0.2) is 4.42 Å². The number of aliphatic imine (C=N–C) groups is 1. The second-order valence-electron chi connectivity index (χ2n) is 5.15. The highest BCUT2D eigenvalue weighted by molar-refractivity contribution is 8.14. The third kappa shape index (κ3) is 2.72. The predicted molar refractivity (Wildman–Crippen MR) is 74.1 cm³/mol. The van der Waals surface area contributed by atoms with Crippen molar-refractivity contribution in [2.45, 2.75) is 48.7 Å². The third-order valence-corrected chi connectivity index (χ3v) is 5.29. The third-order valence-electron chi connectivity index (χ3n) is 3.72. The first-order valence-electron chi connectivity index (χ1n) is 6.44. The minimum absolute atomic E-state index is 0.230. The molecule has 2 aliphatic heterocycles. The molecular formula is C11H18ClN3O3S. The van der Waals surface area contributed by atoms with Crippen LogP contribution >= 0.6 is 23.5 Å². The van der Waals surface area contributed by atoms with E-state index in [1.165, 1.54) is 11.8 Å². The lowest BCUT2D eigenvalue weighted by Gasteiger charge is -2.39. The van der Waals surface area contributed by atoms with E-state index in [1.54, 1.807) is 11.5 Å². The van der Waals surface area contributed by atoms with Crippen LogP contribution in [0.3, 0.4) is 0 Å². The molecule has 3 rings (SSSR count). The molecule has 0 aromatic rings. The number of hydrogen-bond acceptors (Lipinski definition) is 6. The summed E-state index contributed by atoms with van der Waals surface area (Å²) in [4.78, 5) is 4.05. The van der Waals surface area contributed by atoms with Gasteiger partial charge >= 0.3 is 0 Å². The van der Waals surface area contributed by atoms with E-state index in [9.17, 15) is 10.2 Å². The number of hydrogen-bond donors (Lipinski definition) is 3. The summed E-state index contributed by atoms with van der Waals surface area (Å²) in [6.45, 7) is 0.423. The van der Waals surface area contributed by atoms with Gasteiger partial charge in [-0.1, -0.05) is 11.8 Å². The highest BCUT2D eigenvalue weighted by Gasteiger charge is 2.49. The molecule has 0 spiro atoms. The van der Waals surface area contributed by atoms with Gasteiger partial charge in [0.05, 0.1) is 6.04 Å². The molecule has 0 aromatic heterocycles. The maximum atomic E-state index is 10.2. The zero-order valence-corrected chi connectivity index (χ0v) is 12.1. The Kier molecular flexibility index (Phi) is 3.94. The van der Waals surface area contributed by atoms with Gasteiger partial charge in [0.25, 0.3) is 0 Å². The van der Waals surface area contributed by atoms with Crippen LogP contribution in [0.1, 0.15) is 12.8 Å². The molecule has 0 radical (unpaired) electrons. The number of nitrogens with one attached hydrogen (secondary N) is 1. The standard InChI is InChI=1S/C11H18ClN3O3S/c1-13-11-14-7-9(17)8(16)6(18-10(7)19-11)4-15(12)5-2-3-5/h5-10,16-17H,2-4H2,1H3,(H,13,14). The molecule has 8 heteroatoms. The summed E-state index contributed by atoms with van der Waals surface area (Å²) < 4.78 is 7.54. The van der Waals surface area contributed by atoms with Gasteiger partial charge in [-0.15, -0.1) is 0 Å². The minimum Gasteiger partial charge on any atom is -0.388 e. The number of aliphatic hydroxyl groups excluding tert-OH is 2. The van der Waals surface area contributed by atoms with Crippen LogP contribution in [-0.4, -0.2) is 69.2 Å². The molecule has 19 heavy (non-hydrogen) atoms. The molecule has 6 nitrogen and oxygen atoms in total. The summed E-state index contributed by atoms with van der Waals surface area (Å²) >= 11 is 7.58. The molecule has 1 aliphatic carbocycles. The predicted octanol–water partition coefficient (Wildman–Crippen LogP) is -0.258. The van der Waals surface area contributed by atoms with E-state index in [2.05, 4.69) is 10.3 Å². The van der Waals surface area contributed by atoms with E-state index in [0.717, 1.165) is 18.0 Å². The number of rotatable bonds is 3. The van der Waals surface area contributed by atoms with E-state index >= 15 is 0 Å². The van der Waals surface area contributed by atoms with Crippen LogP contribution in [0.25, 0.3) is 0 Å². The normalized spacial score (nSPS) is 44.5. The van der Waals surface area contributed by atoms with Crippen molar-refractivity contribution in [2.75, 3.05) is 13.6 Å². The van der Waals surface area contributed by atoms with Crippen molar-refractivity contribution in [1.29, 1.82) is 0 Å². The molecule has 0 aromatic carbocycles. The van der Waals surface area contributed by atoms with E-state index in [1.807, 2.05) is 0 Å². The van der Waals surface area contributed by atoms with E-state index < -0.39 is 18.3 Å². The molecule has 5 atom stereocenters. The fourth-order valence-electron chi connectivity index (χ4n) is 2.42. The summed E-state index contributed by atoms with van der Waals surface area (Å²) in [5.74, 6) is 0. The van der Waals surface area contributed by atoms with Crippen LogP contribution in [0.5, 0.6) is 0 Å². The molecule has 3 aliphatic rings. The molecule has 0 amide bonds. The number of thioether (sulfide) groups is 1. The largest absolute Gasteiger partial charge is 0.388 e. The van der Waals surface area contributed by atoms with E-state index in [4.69, 9.17) is 16.5 Å². The van der Waals surface area contributed by atoms with Crippen molar-refractivity contribution in [2.24, 2.45) is 4.99 Å². The Morgan fingerprint density at radius 3 is 2.84 bits per heavy atom. The quantitative estimate of drug-likeness (QED) is 0.624. The fraction of sp³-hybridized carbons (Fsp3) is 0.909. The molecule has 3 fully saturated rings. The maximum Gasteiger partial charge on any atom is 0.159 e. The van der Waals surface area contributed by atoms with Gasteiger partial charge in [0.1, 0.15) is 23.7 Å². The highest BCUT2D eigenvalue weighted by atomic mass is 35.5. The van der Waals surface area contributed by atoms with Gasteiger partial charge in [-0.2, -0.15) is 0 Å². The van der Waals surface area contributed by atoms with Crippen molar-refractivity contribution < 1.29 is 14.9 Å². The van der Waals surface area contributed by atoms with E-state index in [-0.39, 0.29) is 11.5 Å². The maximum absolute atomic E-state index is 10.2. The zero-order valence-electron chi connectivity index (χ0n) is 10.6. The molecule has 5 unspecified atom stereocenters. The first-order chi connectivity index (χ1) is 9.10. The van der Waals surface area contributed by atoms with Crippen molar-refractivity contribution in [1.82, 2.24) is 9.74 Å². The number of amidine groups is 1. The Labute approximate surface area is 121 Å². The molecular weight excluding hydrogens is 290 g/mol. The van der Waals surface area contributed by atoms with Gasteiger partial charge in [-0.05, 0) is 24.6 Å². The number of fused-ring (bicyclic) bond motifs is 1. The molecule has 2 saturated heterocycles. The van der Waals surface area contributed by atoms with Crippen molar-refractivity contribution in [3.8, 4) is 0 Å². The van der Waals surface area contributed by atoms with Crippen molar-refractivity contribution in [3.63, 3.8) is 0 Å². The van der Waals surface area contributed by atoms with Crippen molar-refractivity contribution >= 4 is 28.7 Å². The SMILES string of the molecule is CN=C1NC2C(OC(CN(Cl)C3CC3)C(O)C2O)S1. The average Bonchev–Trinajstić information content (AvgIpc) is 3.16. The van der Waals surface area contributed by atoms with Gasteiger partial charge in [0, 0.05) is 19.6 Å². The van der Waals surface area contributed by atoms with Crippen LogP contribution in [0, 0.1) is 0 Å². The molecule has 1 saturated carbocycles. The van der Waals surface area contributed by atoms with Gasteiger partial charge < -0.3 is 20.3 Å². The first-order valence-corrected chi connectivity index (χ1v) is 7.66. The van der Waals surface area contributed by atoms with Crippen molar-refractivity contribution in [3.05, 3.63) is 0 Å². The molecule has 3 N–H and O–H groups in total. The Morgan fingerprint density at radius 1 is 1.47 bits per heavy atom. The first kappa shape index (κ1) is 13.9. The lowest BCUT2D eigenvalue weighted by Crippen LogP contribution is -2.60. The number of nitrogens with zero attached hydrogens (tertiary/aromatic N) is 2. The number of ether oxygens (including phenoxy) is 1. The minimum atomic E-state index is -0.939. The Hall–Kier alpha value is -0.0500. The summed E-state index contributed by atoms with van der Waals surface area (Å²) in [6.07, 6.45) is -0.113. The van der Waals surface area contributed by atoms with Crippen LogP contribution in [0.2, 0.25) is 0 Å². The van der Waals surface area contributed by atoms with E-state index in [0.29, 0.717) is 12.6 Å². The average molecular weight is 308 g/mol. The highest BCUT2D eigenvalue weighted by Crippen LogP contribution is 2.35. The second kappa shape index (κ2) is 5.38. The van der Waals surface area contributed by atoms with Gasteiger partial charge in [0.2, 0.25) is 0 Å². The Balaban J connectivity index is 1.66.